The highest BCUT2D eigenvalue weighted by Gasteiger charge is 2.38. The third kappa shape index (κ3) is 6.81. The molecule has 0 aliphatic carbocycles. The van der Waals surface area contributed by atoms with E-state index in [0.717, 1.165) is 5.56 Å². The molecule has 5 N–H and O–H groups in total. The molecule has 0 heterocycles. The fourth-order valence-corrected chi connectivity index (χ4v) is 1.54. The van der Waals surface area contributed by atoms with Crippen molar-refractivity contribution < 1.29 is 32.9 Å². The van der Waals surface area contributed by atoms with Crippen LogP contribution in [0.3, 0.4) is 0 Å². The first-order valence-electron chi connectivity index (χ1n) is 6.75. The quantitative estimate of drug-likeness (QED) is 0.496. The predicted molar refractivity (Wildman–Crippen MR) is 83.6 cm³/mol. The zero-order valence-electron chi connectivity index (χ0n) is 12.7. The second-order valence-corrected chi connectivity index (χ2v) is 4.67. The summed E-state index contributed by atoms with van der Waals surface area (Å²) in [6.07, 6.45) is -5.08. The number of benzene rings is 2. The summed E-state index contributed by atoms with van der Waals surface area (Å²) in [6, 6.07) is 14.3. The first-order valence-corrected chi connectivity index (χ1v) is 6.75. The zero-order valence-corrected chi connectivity index (χ0v) is 12.7. The molecular formula is C16H15F3N2O4. The Kier molecular flexibility index (Phi) is 6.80. The molecule has 6 nitrogen and oxygen atoms in total. The number of phenolic OH excluding ortho intramolecular Hbond substituents is 1. The highest BCUT2D eigenvalue weighted by atomic mass is 19.4. The third-order valence-electron chi connectivity index (χ3n) is 2.75. The number of hydrogen-bond acceptors (Lipinski definition) is 4. The lowest BCUT2D eigenvalue weighted by Crippen LogP contribution is -2.21. The summed E-state index contributed by atoms with van der Waals surface area (Å²) in [4.78, 5) is 8.90. The maximum atomic E-state index is 10.6. The monoisotopic (exact) mass is 356 g/mol. The molecule has 134 valence electrons. The molecule has 0 unspecified atom stereocenters. The molecule has 0 saturated heterocycles. The van der Waals surface area contributed by atoms with Crippen LogP contribution >= 0.6 is 0 Å². The fourth-order valence-electron chi connectivity index (χ4n) is 1.54. The molecule has 0 aliphatic rings. The Labute approximate surface area is 140 Å². The average Bonchev–Trinajstić information content (AvgIpc) is 2.54. The number of aromatic hydroxyl groups is 1. The van der Waals surface area contributed by atoms with Gasteiger partial charge in [0.2, 0.25) is 0 Å². The summed E-state index contributed by atoms with van der Waals surface area (Å²) in [7, 11) is 0. The van der Waals surface area contributed by atoms with Gasteiger partial charge in [-0.2, -0.15) is 13.2 Å². The Bertz CT molecular complexity index is 734. The van der Waals surface area contributed by atoms with Crippen LogP contribution in [0.1, 0.15) is 11.1 Å². The molecule has 0 aliphatic heterocycles. The van der Waals surface area contributed by atoms with Gasteiger partial charge in [0.25, 0.3) is 0 Å². The lowest BCUT2D eigenvalue weighted by molar-refractivity contribution is -0.192. The molecule has 0 bridgehead atoms. The molecule has 0 atom stereocenters. The van der Waals surface area contributed by atoms with Crippen LogP contribution in [0.4, 0.5) is 13.2 Å². The minimum atomic E-state index is -5.08. The van der Waals surface area contributed by atoms with Gasteiger partial charge in [-0.25, -0.2) is 4.79 Å². The van der Waals surface area contributed by atoms with E-state index in [-0.39, 0.29) is 11.6 Å². The second-order valence-electron chi connectivity index (χ2n) is 4.67. The summed E-state index contributed by atoms with van der Waals surface area (Å²) < 4.78 is 37.2. The van der Waals surface area contributed by atoms with Crippen molar-refractivity contribution in [2.45, 2.75) is 12.8 Å². The van der Waals surface area contributed by atoms with Crippen molar-refractivity contribution in [1.82, 2.24) is 0 Å². The second kappa shape index (κ2) is 8.57. The van der Waals surface area contributed by atoms with Crippen molar-refractivity contribution >= 4 is 11.8 Å². The van der Waals surface area contributed by atoms with Crippen LogP contribution in [-0.2, 0) is 11.4 Å². The van der Waals surface area contributed by atoms with Gasteiger partial charge in [0.15, 0.2) is 11.5 Å². The van der Waals surface area contributed by atoms with Gasteiger partial charge in [-0.05, 0) is 23.8 Å². The van der Waals surface area contributed by atoms with E-state index in [9.17, 15) is 18.3 Å². The van der Waals surface area contributed by atoms with Crippen LogP contribution in [0.15, 0.2) is 48.5 Å². The number of nitrogens with two attached hydrogens (primary N) is 1. The summed E-state index contributed by atoms with van der Waals surface area (Å²) >= 11 is 0. The van der Waals surface area contributed by atoms with Crippen molar-refractivity contribution in [3.05, 3.63) is 59.7 Å². The van der Waals surface area contributed by atoms with E-state index in [1.807, 2.05) is 30.3 Å². The van der Waals surface area contributed by atoms with Crippen molar-refractivity contribution in [2.24, 2.45) is 5.73 Å². The van der Waals surface area contributed by atoms with E-state index in [0.29, 0.717) is 17.9 Å². The number of amidine groups is 1. The van der Waals surface area contributed by atoms with Crippen LogP contribution in [0, 0.1) is 5.41 Å². The van der Waals surface area contributed by atoms with Gasteiger partial charge >= 0.3 is 12.1 Å². The number of nitrogen functional groups attached to an aromatic ring is 1. The Balaban J connectivity index is 0.000000381. The van der Waals surface area contributed by atoms with E-state index in [1.54, 1.807) is 12.1 Å². The number of alkyl halides is 3. The van der Waals surface area contributed by atoms with Crippen molar-refractivity contribution in [1.29, 1.82) is 5.41 Å². The predicted octanol–water partition coefficient (Wildman–Crippen LogP) is 2.89. The summed E-state index contributed by atoms with van der Waals surface area (Å²) in [5.74, 6) is -2.48. The summed E-state index contributed by atoms with van der Waals surface area (Å²) in [5.41, 5.74) is 6.82. The molecule has 2 rings (SSSR count). The molecule has 0 aromatic heterocycles. The molecule has 0 fully saturated rings. The Morgan fingerprint density at radius 2 is 1.72 bits per heavy atom. The van der Waals surface area contributed by atoms with Crippen LogP contribution in [-0.4, -0.2) is 28.2 Å². The van der Waals surface area contributed by atoms with Crippen molar-refractivity contribution in [2.75, 3.05) is 0 Å². The lowest BCUT2D eigenvalue weighted by Gasteiger charge is -2.09. The van der Waals surface area contributed by atoms with Crippen LogP contribution in [0.2, 0.25) is 0 Å². The van der Waals surface area contributed by atoms with Crippen LogP contribution in [0.25, 0.3) is 0 Å². The van der Waals surface area contributed by atoms with Crippen LogP contribution in [0.5, 0.6) is 11.5 Å². The number of nitrogens with one attached hydrogen (secondary N) is 1. The fraction of sp³-hybridized carbons (Fsp3) is 0.125. The van der Waals surface area contributed by atoms with E-state index < -0.39 is 12.1 Å². The van der Waals surface area contributed by atoms with Gasteiger partial charge in [0, 0.05) is 5.56 Å². The first kappa shape index (κ1) is 19.8. The Morgan fingerprint density at radius 1 is 1.16 bits per heavy atom. The minimum absolute atomic E-state index is 0.0152. The SMILES string of the molecule is N=C(N)c1ccc(OCc2ccccc2)c(O)c1.O=C(O)C(F)(F)F. The Morgan fingerprint density at radius 3 is 2.16 bits per heavy atom. The summed E-state index contributed by atoms with van der Waals surface area (Å²) in [6.45, 7) is 0.383. The number of hydrogen-bond donors (Lipinski definition) is 4. The van der Waals surface area contributed by atoms with Crippen LogP contribution < -0.4 is 10.5 Å². The van der Waals surface area contributed by atoms with Crippen molar-refractivity contribution in [3.63, 3.8) is 0 Å². The van der Waals surface area contributed by atoms with E-state index >= 15 is 0 Å². The number of carboxylic acids is 1. The first-order chi connectivity index (χ1) is 11.6. The molecule has 0 saturated carbocycles. The van der Waals surface area contributed by atoms with Gasteiger partial charge in [-0.3, -0.25) is 5.41 Å². The zero-order chi connectivity index (χ0) is 19.0. The molecule has 2 aromatic rings. The average molecular weight is 356 g/mol. The number of rotatable bonds is 4. The van der Waals surface area contributed by atoms with Crippen molar-refractivity contribution in [3.8, 4) is 11.5 Å². The number of phenols is 1. The van der Waals surface area contributed by atoms with E-state index in [2.05, 4.69) is 0 Å². The smallest absolute Gasteiger partial charge is 0.490 e. The molecular weight excluding hydrogens is 341 g/mol. The highest BCUT2D eigenvalue weighted by Crippen LogP contribution is 2.27. The van der Waals surface area contributed by atoms with Gasteiger partial charge in [0.1, 0.15) is 12.4 Å². The largest absolute Gasteiger partial charge is 0.504 e. The number of carboxylic acid groups (broad SMARTS) is 1. The van der Waals surface area contributed by atoms with E-state index in [4.69, 9.17) is 25.8 Å². The lowest BCUT2D eigenvalue weighted by atomic mass is 10.2. The standard InChI is InChI=1S/C14H14N2O2.C2HF3O2/c15-14(16)11-6-7-13(12(17)8-11)18-9-10-4-2-1-3-5-10;3-2(4,5)1(6)7/h1-8,17H,9H2,(H3,15,16);(H,6,7). The molecule has 0 radical (unpaired) electrons. The molecule has 0 spiro atoms. The topological polar surface area (TPSA) is 117 Å². The molecule has 25 heavy (non-hydrogen) atoms. The van der Waals surface area contributed by atoms with E-state index in [1.165, 1.54) is 6.07 Å². The third-order valence-corrected chi connectivity index (χ3v) is 2.75. The van der Waals surface area contributed by atoms with Gasteiger partial charge in [-0.15, -0.1) is 0 Å². The molecule has 0 amide bonds. The number of ether oxygens (including phenoxy) is 1. The highest BCUT2D eigenvalue weighted by molar-refractivity contribution is 5.95. The maximum absolute atomic E-state index is 10.6. The number of carbonyl (C=O) groups is 1. The number of aliphatic carboxylic acids is 1. The molecule has 9 heteroatoms. The number of halogens is 3. The van der Waals surface area contributed by atoms with Gasteiger partial charge in [0.05, 0.1) is 0 Å². The summed E-state index contributed by atoms with van der Waals surface area (Å²) in [5, 5.41) is 24.1. The van der Waals surface area contributed by atoms with Gasteiger partial charge in [-0.1, -0.05) is 30.3 Å². The molecule has 2 aromatic carbocycles. The Hall–Kier alpha value is -3.23. The minimum Gasteiger partial charge on any atom is -0.504 e. The maximum Gasteiger partial charge on any atom is 0.490 e. The van der Waals surface area contributed by atoms with Gasteiger partial charge < -0.3 is 20.7 Å². The normalized spacial score (nSPS) is 10.4.